The third kappa shape index (κ3) is 19.2. The SMILES string of the molecule is CC/C=C\CCCCCCCCCCCCCCOC(C)=O. The van der Waals surface area contributed by atoms with Crippen molar-refractivity contribution >= 4 is 5.97 Å². The van der Waals surface area contributed by atoms with Crippen molar-refractivity contribution in [3.8, 4) is 0 Å². The van der Waals surface area contributed by atoms with Gasteiger partial charge in [-0.15, -0.1) is 0 Å². The van der Waals surface area contributed by atoms with Crippen molar-refractivity contribution in [3.63, 3.8) is 0 Å². The zero-order chi connectivity index (χ0) is 16.3. The van der Waals surface area contributed by atoms with E-state index in [-0.39, 0.29) is 5.97 Å². The summed E-state index contributed by atoms with van der Waals surface area (Å²) in [4.78, 5) is 10.6. The van der Waals surface area contributed by atoms with Gasteiger partial charge in [0.25, 0.3) is 0 Å². The van der Waals surface area contributed by atoms with Crippen LogP contribution in [0, 0.1) is 0 Å². The van der Waals surface area contributed by atoms with Crippen LogP contribution in [-0.2, 0) is 9.53 Å². The molecule has 130 valence electrons. The van der Waals surface area contributed by atoms with E-state index in [0.717, 1.165) is 6.42 Å². The summed E-state index contributed by atoms with van der Waals surface area (Å²) in [6, 6.07) is 0. The van der Waals surface area contributed by atoms with E-state index in [1.54, 1.807) is 0 Å². The van der Waals surface area contributed by atoms with E-state index in [1.807, 2.05) is 0 Å². The van der Waals surface area contributed by atoms with Crippen LogP contribution in [0.1, 0.15) is 104 Å². The van der Waals surface area contributed by atoms with E-state index >= 15 is 0 Å². The van der Waals surface area contributed by atoms with Crippen LogP contribution >= 0.6 is 0 Å². The van der Waals surface area contributed by atoms with Gasteiger partial charge in [0.1, 0.15) is 0 Å². The van der Waals surface area contributed by atoms with Gasteiger partial charge in [-0.25, -0.2) is 0 Å². The first-order valence-electron chi connectivity index (χ1n) is 9.55. The Morgan fingerprint density at radius 3 is 1.64 bits per heavy atom. The molecule has 0 aromatic heterocycles. The largest absolute Gasteiger partial charge is 0.466 e. The first-order valence-corrected chi connectivity index (χ1v) is 9.55. The van der Waals surface area contributed by atoms with Crippen LogP contribution in [0.4, 0.5) is 0 Å². The summed E-state index contributed by atoms with van der Waals surface area (Å²) in [7, 11) is 0. The maximum atomic E-state index is 10.6. The van der Waals surface area contributed by atoms with Crippen LogP contribution in [0.2, 0.25) is 0 Å². The maximum absolute atomic E-state index is 10.6. The molecule has 0 spiro atoms. The number of carbonyl (C=O) groups excluding carboxylic acids is 1. The lowest BCUT2D eigenvalue weighted by Crippen LogP contribution is -2.00. The number of hydrogen-bond acceptors (Lipinski definition) is 2. The molecule has 0 aliphatic heterocycles. The molecule has 0 amide bonds. The first kappa shape index (κ1) is 21.2. The Hall–Kier alpha value is -0.790. The lowest BCUT2D eigenvalue weighted by Gasteiger charge is -2.03. The van der Waals surface area contributed by atoms with E-state index in [9.17, 15) is 4.79 Å². The molecule has 2 nitrogen and oxygen atoms in total. The van der Waals surface area contributed by atoms with Crippen molar-refractivity contribution in [3.05, 3.63) is 12.2 Å². The topological polar surface area (TPSA) is 26.3 Å². The zero-order valence-corrected chi connectivity index (χ0v) is 15.1. The average molecular weight is 311 g/mol. The summed E-state index contributed by atoms with van der Waals surface area (Å²) in [6.07, 6.45) is 23.1. The van der Waals surface area contributed by atoms with E-state index < -0.39 is 0 Å². The Kier molecular flexibility index (Phi) is 17.6. The summed E-state index contributed by atoms with van der Waals surface area (Å²) in [5.41, 5.74) is 0. The molecule has 0 atom stereocenters. The van der Waals surface area contributed by atoms with Crippen LogP contribution in [0.5, 0.6) is 0 Å². The van der Waals surface area contributed by atoms with Crippen LogP contribution < -0.4 is 0 Å². The highest BCUT2D eigenvalue weighted by atomic mass is 16.5. The fraction of sp³-hybridized carbons (Fsp3) is 0.850. The second-order valence-corrected chi connectivity index (χ2v) is 6.25. The highest BCUT2D eigenvalue weighted by Crippen LogP contribution is 2.12. The van der Waals surface area contributed by atoms with Gasteiger partial charge in [-0.05, 0) is 25.7 Å². The van der Waals surface area contributed by atoms with Gasteiger partial charge in [-0.2, -0.15) is 0 Å². The van der Waals surface area contributed by atoms with Crippen LogP contribution in [0.25, 0.3) is 0 Å². The van der Waals surface area contributed by atoms with Crippen molar-refractivity contribution in [2.24, 2.45) is 0 Å². The zero-order valence-electron chi connectivity index (χ0n) is 15.1. The fourth-order valence-corrected chi connectivity index (χ4v) is 2.63. The van der Waals surface area contributed by atoms with Gasteiger partial charge in [0, 0.05) is 6.92 Å². The first-order chi connectivity index (χ1) is 10.8. The van der Waals surface area contributed by atoms with Gasteiger partial charge in [-0.1, -0.05) is 83.3 Å². The number of hydrogen-bond donors (Lipinski definition) is 0. The molecule has 0 heterocycles. The van der Waals surface area contributed by atoms with Crippen LogP contribution in [0.3, 0.4) is 0 Å². The van der Waals surface area contributed by atoms with Gasteiger partial charge in [-0.3, -0.25) is 4.79 Å². The standard InChI is InChI=1S/C20H38O2/c1-3-4-5-6-7-8-9-10-11-12-13-14-15-16-17-18-19-22-20(2)21/h4-5H,3,6-19H2,1-2H3/b5-4-. The molecule has 0 unspecified atom stereocenters. The Morgan fingerprint density at radius 1 is 0.727 bits per heavy atom. The predicted molar refractivity (Wildman–Crippen MR) is 96.1 cm³/mol. The van der Waals surface area contributed by atoms with Gasteiger partial charge in [0.15, 0.2) is 0 Å². The van der Waals surface area contributed by atoms with Crippen molar-refractivity contribution in [2.75, 3.05) is 6.61 Å². The summed E-state index contributed by atoms with van der Waals surface area (Å²) in [6.45, 7) is 4.27. The second-order valence-electron chi connectivity index (χ2n) is 6.25. The second kappa shape index (κ2) is 18.3. The molecule has 0 saturated heterocycles. The van der Waals surface area contributed by atoms with E-state index in [0.29, 0.717) is 6.61 Å². The predicted octanol–water partition coefficient (Wildman–Crippen LogP) is 6.59. The molecule has 0 aliphatic carbocycles. The van der Waals surface area contributed by atoms with Crippen molar-refractivity contribution < 1.29 is 9.53 Å². The van der Waals surface area contributed by atoms with Crippen molar-refractivity contribution in [2.45, 2.75) is 104 Å². The van der Waals surface area contributed by atoms with Gasteiger partial charge < -0.3 is 4.74 Å². The Labute approximate surface area is 138 Å². The van der Waals surface area contributed by atoms with E-state index in [4.69, 9.17) is 4.74 Å². The highest BCUT2D eigenvalue weighted by molar-refractivity contribution is 5.65. The Balaban J connectivity index is 2.99. The Morgan fingerprint density at radius 2 is 1.18 bits per heavy atom. The summed E-state index contributed by atoms with van der Waals surface area (Å²) in [5.74, 6) is -0.155. The number of allylic oxidation sites excluding steroid dienone is 2. The molecule has 0 radical (unpaired) electrons. The number of unbranched alkanes of at least 4 members (excludes halogenated alkanes) is 12. The molecule has 22 heavy (non-hydrogen) atoms. The average Bonchev–Trinajstić information content (AvgIpc) is 2.50. The third-order valence-electron chi connectivity index (χ3n) is 3.97. The number of ether oxygens (including phenoxy) is 1. The molecular formula is C20H38O2. The minimum atomic E-state index is -0.155. The Bertz CT molecular complexity index is 258. The molecule has 0 N–H and O–H groups in total. The van der Waals surface area contributed by atoms with Crippen molar-refractivity contribution in [1.82, 2.24) is 0 Å². The number of esters is 1. The van der Waals surface area contributed by atoms with Crippen LogP contribution in [-0.4, -0.2) is 12.6 Å². The minimum Gasteiger partial charge on any atom is -0.466 e. The summed E-state index contributed by atoms with van der Waals surface area (Å²) >= 11 is 0. The quantitative estimate of drug-likeness (QED) is 0.183. The molecule has 0 aromatic rings. The minimum absolute atomic E-state index is 0.155. The molecule has 0 bridgehead atoms. The van der Waals surface area contributed by atoms with Crippen molar-refractivity contribution in [1.29, 1.82) is 0 Å². The normalized spacial score (nSPS) is 11.2. The summed E-state index contributed by atoms with van der Waals surface area (Å²) < 4.78 is 4.92. The molecular weight excluding hydrogens is 272 g/mol. The monoisotopic (exact) mass is 310 g/mol. The fourth-order valence-electron chi connectivity index (χ4n) is 2.63. The molecule has 2 heteroatoms. The van der Waals surface area contributed by atoms with Crippen LogP contribution in [0.15, 0.2) is 12.2 Å². The highest BCUT2D eigenvalue weighted by Gasteiger charge is 1.95. The van der Waals surface area contributed by atoms with Gasteiger partial charge in [0.05, 0.1) is 6.61 Å². The molecule has 0 rings (SSSR count). The maximum Gasteiger partial charge on any atom is 0.302 e. The molecule has 0 saturated carbocycles. The smallest absolute Gasteiger partial charge is 0.302 e. The molecule has 0 aliphatic rings. The molecule has 0 aromatic carbocycles. The number of carbonyl (C=O) groups is 1. The van der Waals surface area contributed by atoms with Gasteiger partial charge >= 0.3 is 5.97 Å². The van der Waals surface area contributed by atoms with E-state index in [1.165, 1.54) is 90.4 Å². The summed E-state index contributed by atoms with van der Waals surface area (Å²) in [5, 5.41) is 0. The third-order valence-corrected chi connectivity index (χ3v) is 3.97. The lowest BCUT2D eigenvalue weighted by atomic mass is 10.0. The lowest BCUT2D eigenvalue weighted by molar-refractivity contribution is -0.141. The van der Waals surface area contributed by atoms with Gasteiger partial charge in [0.2, 0.25) is 0 Å². The molecule has 0 fully saturated rings. The number of rotatable bonds is 16. The van der Waals surface area contributed by atoms with E-state index in [2.05, 4.69) is 19.1 Å².